The van der Waals surface area contributed by atoms with Crippen molar-refractivity contribution in [3.05, 3.63) is 92.5 Å². The fraction of sp³-hybridized carbons (Fsp3) is 0.136. The highest BCUT2D eigenvalue weighted by Gasteiger charge is 2.22. The van der Waals surface area contributed by atoms with Gasteiger partial charge in [-0.15, -0.1) is 0 Å². The van der Waals surface area contributed by atoms with Gasteiger partial charge in [0.05, 0.1) is 23.9 Å². The molecule has 0 atom stereocenters. The van der Waals surface area contributed by atoms with Crippen LogP contribution in [0.15, 0.2) is 65.8 Å². The molecule has 8 heteroatoms. The molecule has 0 saturated heterocycles. The standard InChI is InChI=1S/C22H20ClN3O4/c1-15-8-9-18(12-19(15)23)25-24-13-17-10-20(26(27)28)22(21(11-17)29-2)30-14-16-6-4-3-5-7-16/h3-13,25H,14H2,1-2H3/b24-13+. The van der Waals surface area contributed by atoms with Crippen LogP contribution in [-0.4, -0.2) is 18.2 Å². The lowest BCUT2D eigenvalue weighted by Crippen LogP contribution is -2.03. The van der Waals surface area contributed by atoms with Crippen LogP contribution in [0.25, 0.3) is 0 Å². The van der Waals surface area contributed by atoms with Crippen molar-refractivity contribution in [2.75, 3.05) is 12.5 Å². The lowest BCUT2D eigenvalue weighted by atomic mass is 10.1. The van der Waals surface area contributed by atoms with Gasteiger partial charge in [-0.2, -0.15) is 5.10 Å². The van der Waals surface area contributed by atoms with Crippen LogP contribution in [0, 0.1) is 17.0 Å². The van der Waals surface area contributed by atoms with Gasteiger partial charge in [-0.3, -0.25) is 15.5 Å². The van der Waals surface area contributed by atoms with Crippen LogP contribution in [0.3, 0.4) is 0 Å². The Labute approximate surface area is 179 Å². The summed E-state index contributed by atoms with van der Waals surface area (Å²) in [6, 6.07) is 17.9. The topological polar surface area (TPSA) is 86.0 Å². The molecule has 7 nitrogen and oxygen atoms in total. The molecule has 3 rings (SSSR count). The quantitative estimate of drug-likeness (QED) is 0.289. The number of halogens is 1. The lowest BCUT2D eigenvalue weighted by Gasteiger charge is -2.12. The summed E-state index contributed by atoms with van der Waals surface area (Å²) >= 11 is 6.10. The third-order valence-electron chi connectivity index (χ3n) is 4.28. The summed E-state index contributed by atoms with van der Waals surface area (Å²) in [6.07, 6.45) is 1.46. The van der Waals surface area contributed by atoms with E-state index in [1.165, 1.54) is 19.4 Å². The monoisotopic (exact) mass is 425 g/mol. The number of nitrogens with zero attached hydrogens (tertiary/aromatic N) is 2. The first-order valence-corrected chi connectivity index (χ1v) is 9.44. The zero-order valence-corrected chi connectivity index (χ0v) is 17.2. The fourth-order valence-corrected chi connectivity index (χ4v) is 2.87. The molecule has 3 aromatic carbocycles. The van der Waals surface area contributed by atoms with Crippen molar-refractivity contribution in [1.82, 2.24) is 0 Å². The number of rotatable bonds is 8. The fourth-order valence-electron chi connectivity index (χ4n) is 2.69. The number of hydrogen-bond donors (Lipinski definition) is 1. The summed E-state index contributed by atoms with van der Waals surface area (Å²) in [4.78, 5) is 11.1. The van der Waals surface area contributed by atoms with E-state index in [-0.39, 0.29) is 23.8 Å². The largest absolute Gasteiger partial charge is 0.493 e. The first-order valence-electron chi connectivity index (χ1n) is 9.06. The normalized spacial score (nSPS) is 10.8. The molecule has 0 aliphatic rings. The van der Waals surface area contributed by atoms with E-state index in [0.29, 0.717) is 16.3 Å². The number of ether oxygens (including phenoxy) is 2. The molecule has 0 heterocycles. The van der Waals surface area contributed by atoms with Gasteiger partial charge in [0.25, 0.3) is 0 Å². The minimum Gasteiger partial charge on any atom is -0.493 e. The van der Waals surface area contributed by atoms with Crippen LogP contribution in [0.5, 0.6) is 11.5 Å². The number of hydrogen-bond acceptors (Lipinski definition) is 6. The Kier molecular flexibility index (Phi) is 6.87. The maximum absolute atomic E-state index is 11.6. The number of aryl methyl sites for hydroxylation is 1. The summed E-state index contributed by atoms with van der Waals surface area (Å²) in [6.45, 7) is 2.09. The molecule has 154 valence electrons. The van der Waals surface area contributed by atoms with Crippen molar-refractivity contribution in [2.24, 2.45) is 5.10 Å². The van der Waals surface area contributed by atoms with Gasteiger partial charge >= 0.3 is 5.69 Å². The molecule has 1 N–H and O–H groups in total. The predicted octanol–water partition coefficient (Wildman–Crippen LogP) is 5.59. The highest BCUT2D eigenvalue weighted by atomic mass is 35.5. The number of benzene rings is 3. The third-order valence-corrected chi connectivity index (χ3v) is 4.69. The van der Waals surface area contributed by atoms with Crippen molar-refractivity contribution < 1.29 is 14.4 Å². The van der Waals surface area contributed by atoms with E-state index in [9.17, 15) is 10.1 Å². The highest BCUT2D eigenvalue weighted by molar-refractivity contribution is 6.31. The average molecular weight is 426 g/mol. The summed E-state index contributed by atoms with van der Waals surface area (Å²) in [5, 5.41) is 16.4. The number of anilines is 1. The van der Waals surface area contributed by atoms with Crippen molar-refractivity contribution in [2.45, 2.75) is 13.5 Å². The molecular formula is C22H20ClN3O4. The second kappa shape index (κ2) is 9.76. The van der Waals surface area contributed by atoms with Gasteiger partial charge < -0.3 is 9.47 Å². The summed E-state index contributed by atoms with van der Waals surface area (Å²) < 4.78 is 11.0. The second-order valence-corrected chi connectivity index (χ2v) is 6.84. The van der Waals surface area contributed by atoms with E-state index < -0.39 is 4.92 Å². The van der Waals surface area contributed by atoms with Gasteiger partial charge in [-0.25, -0.2) is 0 Å². The Morgan fingerprint density at radius 1 is 1.17 bits per heavy atom. The SMILES string of the molecule is COc1cc(/C=N/Nc2ccc(C)c(Cl)c2)cc([N+](=O)[O-])c1OCc1ccccc1. The van der Waals surface area contributed by atoms with Crippen molar-refractivity contribution in [3.8, 4) is 11.5 Å². The predicted molar refractivity (Wildman–Crippen MR) is 118 cm³/mol. The van der Waals surface area contributed by atoms with E-state index in [0.717, 1.165) is 11.1 Å². The van der Waals surface area contributed by atoms with E-state index in [1.54, 1.807) is 12.1 Å². The van der Waals surface area contributed by atoms with Crippen LogP contribution in [0.4, 0.5) is 11.4 Å². The molecule has 3 aromatic rings. The summed E-state index contributed by atoms with van der Waals surface area (Å²) in [7, 11) is 1.43. The molecule has 0 fully saturated rings. The molecule has 0 spiro atoms. The summed E-state index contributed by atoms with van der Waals surface area (Å²) in [5.41, 5.74) is 5.68. The summed E-state index contributed by atoms with van der Waals surface area (Å²) in [5.74, 6) is 0.321. The van der Waals surface area contributed by atoms with Crippen molar-refractivity contribution >= 4 is 29.2 Å². The van der Waals surface area contributed by atoms with Gasteiger partial charge in [0.1, 0.15) is 6.61 Å². The molecule has 0 radical (unpaired) electrons. The van der Waals surface area contributed by atoms with Crippen LogP contribution < -0.4 is 14.9 Å². The van der Waals surface area contributed by atoms with Crippen molar-refractivity contribution in [3.63, 3.8) is 0 Å². The highest BCUT2D eigenvalue weighted by Crippen LogP contribution is 2.38. The molecule has 0 aliphatic carbocycles. The Morgan fingerprint density at radius 3 is 2.60 bits per heavy atom. The number of hydrazone groups is 1. The molecule has 30 heavy (non-hydrogen) atoms. The number of nitro benzene ring substituents is 1. The number of nitro groups is 1. The van der Waals surface area contributed by atoms with Crippen LogP contribution >= 0.6 is 11.6 Å². The first kappa shape index (κ1) is 21.1. The molecule has 0 bridgehead atoms. The van der Waals surface area contributed by atoms with Gasteiger partial charge in [0.2, 0.25) is 5.75 Å². The van der Waals surface area contributed by atoms with Gasteiger partial charge in [-0.1, -0.05) is 48.0 Å². The molecule has 0 saturated carbocycles. The zero-order chi connectivity index (χ0) is 21.5. The van der Waals surface area contributed by atoms with Crippen LogP contribution in [-0.2, 0) is 6.61 Å². The maximum atomic E-state index is 11.6. The Morgan fingerprint density at radius 2 is 1.93 bits per heavy atom. The lowest BCUT2D eigenvalue weighted by molar-refractivity contribution is -0.386. The Hall–Kier alpha value is -3.58. The smallest absolute Gasteiger partial charge is 0.315 e. The van der Waals surface area contributed by atoms with E-state index >= 15 is 0 Å². The van der Waals surface area contributed by atoms with E-state index in [2.05, 4.69) is 10.5 Å². The average Bonchev–Trinajstić information content (AvgIpc) is 2.75. The maximum Gasteiger partial charge on any atom is 0.315 e. The van der Waals surface area contributed by atoms with E-state index in [4.69, 9.17) is 21.1 Å². The van der Waals surface area contributed by atoms with Gasteiger partial charge in [0, 0.05) is 16.7 Å². The number of nitrogens with one attached hydrogen (secondary N) is 1. The molecule has 0 aliphatic heterocycles. The van der Waals surface area contributed by atoms with Crippen molar-refractivity contribution in [1.29, 1.82) is 0 Å². The van der Waals surface area contributed by atoms with Gasteiger partial charge in [0.15, 0.2) is 5.75 Å². The molecule has 0 unspecified atom stereocenters. The first-order chi connectivity index (χ1) is 14.5. The molecule has 0 amide bonds. The van der Waals surface area contributed by atoms with E-state index in [1.807, 2.05) is 49.4 Å². The van der Waals surface area contributed by atoms with Crippen LogP contribution in [0.1, 0.15) is 16.7 Å². The Bertz CT molecular complexity index is 1070. The minimum atomic E-state index is -0.507. The number of methoxy groups -OCH3 is 1. The second-order valence-electron chi connectivity index (χ2n) is 6.44. The minimum absolute atomic E-state index is 0.0711. The molecular weight excluding hydrogens is 406 g/mol. The van der Waals surface area contributed by atoms with Gasteiger partial charge in [-0.05, 0) is 36.2 Å². The molecule has 0 aromatic heterocycles. The van der Waals surface area contributed by atoms with Crippen LogP contribution in [0.2, 0.25) is 5.02 Å². The third kappa shape index (κ3) is 5.27. The zero-order valence-electron chi connectivity index (χ0n) is 16.5. The Balaban J connectivity index is 1.82.